The molecule has 0 spiro atoms. The van der Waals surface area contributed by atoms with Crippen molar-refractivity contribution in [3.8, 4) is 0 Å². The summed E-state index contributed by atoms with van der Waals surface area (Å²) in [6.45, 7) is 5.34. The quantitative estimate of drug-likeness (QED) is 0.0199. The fourth-order valence-corrected chi connectivity index (χ4v) is 6.92. The second kappa shape index (κ2) is 41.2. The molecule has 0 N–H and O–H groups in total. The molecule has 0 bridgehead atoms. The van der Waals surface area contributed by atoms with Gasteiger partial charge >= 0.3 is 5.97 Å². The van der Waals surface area contributed by atoms with Gasteiger partial charge in [0.25, 0.3) is 7.82 Å². The molecule has 2 unspecified atom stereocenters. The lowest BCUT2D eigenvalue weighted by Gasteiger charge is -2.28. The second-order valence-electron chi connectivity index (χ2n) is 16.8. The number of ether oxygens (including phenoxy) is 2. The maximum absolute atomic E-state index is 12.7. The van der Waals surface area contributed by atoms with E-state index >= 15 is 0 Å². The van der Waals surface area contributed by atoms with Gasteiger partial charge in [-0.3, -0.25) is 9.36 Å². The Morgan fingerprint density at radius 2 is 0.965 bits per heavy atom. The molecule has 9 heteroatoms. The summed E-state index contributed by atoms with van der Waals surface area (Å²) in [5.74, 6) is -0.343. The molecule has 0 saturated carbocycles. The molecule has 0 saturated heterocycles. The van der Waals surface area contributed by atoms with Crippen LogP contribution in [0.4, 0.5) is 0 Å². The number of allylic oxidation sites excluding steroid dienone is 8. The van der Waals surface area contributed by atoms with Gasteiger partial charge in [-0.1, -0.05) is 159 Å². The third-order valence-corrected chi connectivity index (χ3v) is 10.8. The van der Waals surface area contributed by atoms with Crippen molar-refractivity contribution in [3.05, 3.63) is 48.6 Å². The van der Waals surface area contributed by atoms with Gasteiger partial charge in [-0.05, 0) is 77.0 Å². The highest BCUT2D eigenvalue weighted by atomic mass is 31.2. The number of phosphoric acid groups is 1. The Bertz CT molecular complexity index is 1050. The molecular weight excluding hydrogens is 734 g/mol. The van der Waals surface area contributed by atoms with Gasteiger partial charge in [0, 0.05) is 13.0 Å². The number of carbonyl (C=O) groups is 1. The lowest BCUT2D eigenvalue weighted by atomic mass is 10.1. The number of hydrogen-bond acceptors (Lipinski definition) is 7. The van der Waals surface area contributed by atoms with E-state index in [1.54, 1.807) is 0 Å². The first-order chi connectivity index (χ1) is 27.6. The van der Waals surface area contributed by atoms with Crippen LogP contribution in [0.3, 0.4) is 0 Å². The molecule has 0 aliphatic carbocycles. The summed E-state index contributed by atoms with van der Waals surface area (Å²) in [7, 11) is 1.34. The first kappa shape index (κ1) is 55.5. The summed E-state index contributed by atoms with van der Waals surface area (Å²) in [5.41, 5.74) is 0. The van der Waals surface area contributed by atoms with Crippen LogP contribution >= 0.6 is 7.82 Å². The van der Waals surface area contributed by atoms with E-state index < -0.39 is 13.9 Å². The lowest BCUT2D eigenvalue weighted by Crippen LogP contribution is -2.37. The molecule has 0 aliphatic heterocycles. The molecule has 0 aromatic carbocycles. The molecule has 0 amide bonds. The molecule has 0 fully saturated rings. The molecule has 8 nitrogen and oxygen atoms in total. The van der Waals surface area contributed by atoms with Gasteiger partial charge in [0.15, 0.2) is 0 Å². The van der Waals surface area contributed by atoms with Gasteiger partial charge in [0.05, 0.1) is 34.4 Å². The predicted molar refractivity (Wildman–Crippen MR) is 240 cm³/mol. The van der Waals surface area contributed by atoms with Crippen LogP contribution in [0.2, 0.25) is 0 Å². The van der Waals surface area contributed by atoms with E-state index in [0.717, 1.165) is 57.8 Å². The first-order valence-electron chi connectivity index (χ1n) is 23.4. The standard InChI is InChI=1S/C48H90NO7P/c1-6-8-10-12-14-16-18-20-22-24-25-26-27-29-31-33-35-37-39-41-48(50)56-47(46-55-57(51,52)54-44-42-49(3,4)5)45-53-43-40-38-36-34-32-30-28-23-21-19-17-15-13-11-9-7-2/h14-17,20-23,47H,6-13,18-19,24-46H2,1-5H3/b16-14-,17-15-,22-20-,23-21-. The number of quaternary nitrogens is 1. The van der Waals surface area contributed by atoms with Crippen LogP contribution < -0.4 is 4.89 Å². The third kappa shape index (κ3) is 45.4. The molecule has 334 valence electrons. The van der Waals surface area contributed by atoms with E-state index in [0.29, 0.717) is 24.1 Å². The molecule has 0 radical (unpaired) electrons. The monoisotopic (exact) mass is 824 g/mol. The Morgan fingerprint density at radius 3 is 1.42 bits per heavy atom. The van der Waals surface area contributed by atoms with Gasteiger partial charge < -0.3 is 27.9 Å². The van der Waals surface area contributed by atoms with Crippen LogP contribution in [0.25, 0.3) is 0 Å². The Morgan fingerprint density at radius 1 is 0.544 bits per heavy atom. The minimum Gasteiger partial charge on any atom is -0.756 e. The highest BCUT2D eigenvalue weighted by Crippen LogP contribution is 2.38. The van der Waals surface area contributed by atoms with E-state index in [1.165, 1.54) is 116 Å². The number of nitrogens with zero attached hydrogens (tertiary/aromatic N) is 1. The number of hydrogen-bond donors (Lipinski definition) is 0. The SMILES string of the molecule is CCCCC/C=C\C/C=C\CCCCCCCCCCCC(=O)OC(COCCCCCCCC/C=C\C/C=C\CCCCC)COP(=O)([O-])OCC[N+](C)(C)C. The van der Waals surface area contributed by atoms with E-state index in [1.807, 2.05) is 21.1 Å². The molecule has 0 aliphatic rings. The number of esters is 1. The zero-order valence-corrected chi connectivity index (χ0v) is 38.7. The summed E-state index contributed by atoms with van der Waals surface area (Å²) in [4.78, 5) is 25.1. The molecule has 0 heterocycles. The predicted octanol–water partition coefficient (Wildman–Crippen LogP) is 13.3. The average molecular weight is 824 g/mol. The van der Waals surface area contributed by atoms with Crippen molar-refractivity contribution < 1.29 is 37.3 Å². The van der Waals surface area contributed by atoms with Crippen LogP contribution in [0.1, 0.15) is 194 Å². The van der Waals surface area contributed by atoms with Crippen LogP contribution in [0, 0.1) is 0 Å². The summed E-state index contributed by atoms with van der Waals surface area (Å²) < 4.78 is 34.6. The first-order valence-corrected chi connectivity index (χ1v) is 24.8. The van der Waals surface area contributed by atoms with Crippen LogP contribution in [0.5, 0.6) is 0 Å². The molecule has 57 heavy (non-hydrogen) atoms. The van der Waals surface area contributed by atoms with Crippen molar-refractivity contribution in [2.75, 3.05) is 54.1 Å². The molecule has 2 atom stereocenters. The summed E-state index contributed by atoms with van der Waals surface area (Å²) in [6, 6.07) is 0. The summed E-state index contributed by atoms with van der Waals surface area (Å²) in [6.07, 6.45) is 49.7. The molecule has 0 aromatic heterocycles. The minimum absolute atomic E-state index is 0.0218. The van der Waals surface area contributed by atoms with Gasteiger partial charge in [-0.25, -0.2) is 0 Å². The minimum atomic E-state index is -4.53. The number of carbonyl (C=O) groups excluding carboxylic acids is 1. The van der Waals surface area contributed by atoms with Gasteiger partial charge in [-0.15, -0.1) is 0 Å². The van der Waals surface area contributed by atoms with E-state index in [-0.39, 0.29) is 25.8 Å². The Balaban J connectivity index is 4.22. The zero-order chi connectivity index (χ0) is 42.0. The van der Waals surface area contributed by atoms with Gasteiger partial charge in [0.2, 0.25) is 0 Å². The maximum atomic E-state index is 12.7. The van der Waals surface area contributed by atoms with Crippen molar-refractivity contribution in [2.45, 2.75) is 200 Å². The van der Waals surface area contributed by atoms with Crippen LogP contribution in [-0.2, 0) is 27.9 Å². The van der Waals surface area contributed by atoms with Crippen LogP contribution in [0.15, 0.2) is 48.6 Å². The van der Waals surface area contributed by atoms with Crippen molar-refractivity contribution in [3.63, 3.8) is 0 Å². The molecule has 0 aromatic rings. The maximum Gasteiger partial charge on any atom is 0.306 e. The van der Waals surface area contributed by atoms with Crippen molar-refractivity contribution in [1.29, 1.82) is 0 Å². The average Bonchev–Trinajstić information content (AvgIpc) is 3.16. The normalized spacial score (nSPS) is 14.1. The van der Waals surface area contributed by atoms with E-state index in [4.69, 9.17) is 18.5 Å². The van der Waals surface area contributed by atoms with Crippen molar-refractivity contribution in [1.82, 2.24) is 0 Å². The largest absolute Gasteiger partial charge is 0.756 e. The highest BCUT2D eigenvalue weighted by molar-refractivity contribution is 7.45. The number of likely N-dealkylation sites (N-methyl/N-ethyl adjacent to an activating group) is 1. The molecular formula is C48H90NO7P. The Kier molecular flexibility index (Phi) is 40.1. The zero-order valence-electron chi connectivity index (χ0n) is 37.8. The number of unbranched alkanes of at least 4 members (excludes halogenated alkanes) is 21. The van der Waals surface area contributed by atoms with Gasteiger partial charge in [-0.2, -0.15) is 0 Å². The highest BCUT2D eigenvalue weighted by Gasteiger charge is 2.20. The van der Waals surface area contributed by atoms with E-state index in [2.05, 4.69) is 62.5 Å². The number of rotatable bonds is 43. The topological polar surface area (TPSA) is 94.1 Å². The summed E-state index contributed by atoms with van der Waals surface area (Å²) in [5, 5.41) is 0. The van der Waals surface area contributed by atoms with Crippen molar-refractivity contribution in [2.24, 2.45) is 0 Å². The van der Waals surface area contributed by atoms with E-state index in [9.17, 15) is 14.3 Å². The Hall–Kier alpha value is -1.54. The smallest absolute Gasteiger partial charge is 0.306 e. The fraction of sp³-hybridized carbons (Fsp3) is 0.812. The van der Waals surface area contributed by atoms with Crippen molar-refractivity contribution >= 4 is 13.8 Å². The molecule has 0 rings (SSSR count). The lowest BCUT2D eigenvalue weighted by molar-refractivity contribution is -0.870. The number of phosphoric ester groups is 1. The van der Waals surface area contributed by atoms with Gasteiger partial charge in [0.1, 0.15) is 19.3 Å². The summed E-state index contributed by atoms with van der Waals surface area (Å²) >= 11 is 0. The third-order valence-electron chi connectivity index (χ3n) is 9.85. The Labute approximate surface area is 352 Å². The second-order valence-corrected chi connectivity index (χ2v) is 18.2. The fourth-order valence-electron chi connectivity index (χ4n) is 6.19. The van der Waals surface area contributed by atoms with Crippen LogP contribution in [-0.4, -0.2) is 70.7 Å².